The summed E-state index contributed by atoms with van der Waals surface area (Å²) in [6.45, 7) is 2.18. The standard InChI is InChI=1S/C21H19ClN2O3/c1-15-6-9-18(10-7-15)27-14-20(25)23-17-8-11-21(26)24(13-17)12-16-4-2-3-5-19(16)22/h2-11,13H,12,14H2,1H3,(H,23,25). The van der Waals surface area contributed by atoms with Gasteiger partial charge in [0, 0.05) is 17.3 Å². The zero-order chi connectivity index (χ0) is 19.2. The van der Waals surface area contributed by atoms with Crippen LogP contribution in [0, 0.1) is 6.92 Å². The number of hydrogen-bond acceptors (Lipinski definition) is 3. The Hall–Kier alpha value is -3.05. The van der Waals surface area contributed by atoms with E-state index in [0.29, 0.717) is 23.0 Å². The van der Waals surface area contributed by atoms with E-state index in [4.69, 9.17) is 16.3 Å². The molecule has 6 heteroatoms. The van der Waals surface area contributed by atoms with Gasteiger partial charge in [-0.2, -0.15) is 0 Å². The number of rotatable bonds is 6. The van der Waals surface area contributed by atoms with Gasteiger partial charge >= 0.3 is 0 Å². The van der Waals surface area contributed by atoms with E-state index in [-0.39, 0.29) is 18.1 Å². The molecule has 0 atom stereocenters. The van der Waals surface area contributed by atoms with Crippen molar-refractivity contribution in [2.24, 2.45) is 0 Å². The summed E-state index contributed by atoms with van der Waals surface area (Å²) in [5, 5.41) is 3.32. The van der Waals surface area contributed by atoms with Gasteiger partial charge in [-0.1, -0.05) is 47.5 Å². The van der Waals surface area contributed by atoms with Crippen LogP contribution in [0.2, 0.25) is 5.02 Å². The fraction of sp³-hybridized carbons (Fsp3) is 0.143. The van der Waals surface area contributed by atoms with Gasteiger partial charge in [0.2, 0.25) is 0 Å². The molecule has 3 rings (SSSR count). The van der Waals surface area contributed by atoms with E-state index < -0.39 is 0 Å². The minimum Gasteiger partial charge on any atom is -0.484 e. The summed E-state index contributed by atoms with van der Waals surface area (Å²) >= 11 is 6.16. The lowest BCUT2D eigenvalue weighted by Crippen LogP contribution is -2.23. The third-order valence-electron chi connectivity index (χ3n) is 3.96. The Bertz CT molecular complexity index is 997. The van der Waals surface area contributed by atoms with Crippen LogP contribution in [-0.4, -0.2) is 17.1 Å². The minimum atomic E-state index is -0.307. The zero-order valence-electron chi connectivity index (χ0n) is 14.8. The molecule has 1 aromatic heterocycles. The van der Waals surface area contributed by atoms with E-state index in [1.54, 1.807) is 18.3 Å². The Morgan fingerprint density at radius 1 is 1.07 bits per heavy atom. The van der Waals surface area contributed by atoms with Crippen LogP contribution in [0.4, 0.5) is 5.69 Å². The number of benzene rings is 2. The number of aryl methyl sites for hydroxylation is 1. The molecule has 1 amide bonds. The third kappa shape index (κ3) is 5.21. The number of nitrogens with zero attached hydrogens (tertiary/aromatic N) is 1. The molecule has 0 saturated carbocycles. The van der Waals surface area contributed by atoms with Crippen molar-refractivity contribution in [3.63, 3.8) is 0 Å². The Kier molecular flexibility index (Phi) is 5.94. The summed E-state index contributed by atoms with van der Waals surface area (Å²) in [5.41, 5.74) is 2.28. The minimum absolute atomic E-state index is 0.118. The molecule has 1 N–H and O–H groups in total. The molecule has 3 aromatic rings. The molecule has 0 bridgehead atoms. The highest BCUT2D eigenvalue weighted by molar-refractivity contribution is 6.31. The van der Waals surface area contributed by atoms with Crippen LogP contribution in [0.5, 0.6) is 5.75 Å². The average molecular weight is 383 g/mol. The molecule has 0 aliphatic rings. The second-order valence-corrected chi connectivity index (χ2v) is 6.53. The number of pyridine rings is 1. The van der Waals surface area contributed by atoms with Crippen LogP contribution in [0.3, 0.4) is 0 Å². The summed E-state index contributed by atoms with van der Waals surface area (Å²) < 4.78 is 6.96. The van der Waals surface area contributed by atoms with Gasteiger partial charge < -0.3 is 14.6 Å². The summed E-state index contributed by atoms with van der Waals surface area (Å²) in [6.07, 6.45) is 1.59. The highest BCUT2D eigenvalue weighted by Gasteiger charge is 2.07. The van der Waals surface area contributed by atoms with Crippen LogP contribution in [-0.2, 0) is 11.3 Å². The van der Waals surface area contributed by atoms with E-state index >= 15 is 0 Å². The maximum absolute atomic E-state index is 12.1. The zero-order valence-corrected chi connectivity index (χ0v) is 15.6. The Balaban J connectivity index is 1.65. The molecule has 0 aliphatic carbocycles. The number of halogens is 1. The maximum atomic E-state index is 12.1. The van der Waals surface area contributed by atoms with Crippen molar-refractivity contribution in [1.29, 1.82) is 0 Å². The molecule has 27 heavy (non-hydrogen) atoms. The lowest BCUT2D eigenvalue weighted by Gasteiger charge is -2.11. The lowest BCUT2D eigenvalue weighted by atomic mass is 10.2. The number of amides is 1. The predicted octanol–water partition coefficient (Wildman–Crippen LogP) is 3.88. The lowest BCUT2D eigenvalue weighted by molar-refractivity contribution is -0.118. The first-order chi connectivity index (χ1) is 13.0. The molecule has 1 heterocycles. The van der Waals surface area contributed by atoms with Gasteiger partial charge in [0.05, 0.1) is 12.2 Å². The average Bonchev–Trinajstić information content (AvgIpc) is 2.66. The molecular formula is C21H19ClN2O3. The van der Waals surface area contributed by atoms with Crippen molar-refractivity contribution in [3.8, 4) is 5.75 Å². The van der Waals surface area contributed by atoms with Crippen LogP contribution in [0.25, 0.3) is 0 Å². The number of hydrogen-bond donors (Lipinski definition) is 1. The molecule has 0 unspecified atom stereocenters. The van der Waals surface area contributed by atoms with Crippen LogP contribution in [0.1, 0.15) is 11.1 Å². The van der Waals surface area contributed by atoms with Gasteiger partial charge in [0.25, 0.3) is 11.5 Å². The van der Waals surface area contributed by atoms with E-state index in [2.05, 4.69) is 5.32 Å². The van der Waals surface area contributed by atoms with Crippen molar-refractivity contribution in [1.82, 2.24) is 4.57 Å². The Labute approximate surface area is 162 Å². The largest absolute Gasteiger partial charge is 0.484 e. The predicted molar refractivity (Wildman–Crippen MR) is 107 cm³/mol. The first kappa shape index (κ1) is 18.7. The summed E-state index contributed by atoms with van der Waals surface area (Å²) in [6, 6.07) is 17.8. The SMILES string of the molecule is Cc1ccc(OCC(=O)Nc2ccc(=O)n(Cc3ccccc3Cl)c2)cc1. The third-order valence-corrected chi connectivity index (χ3v) is 4.33. The van der Waals surface area contributed by atoms with Gasteiger partial charge in [-0.3, -0.25) is 9.59 Å². The monoisotopic (exact) mass is 382 g/mol. The van der Waals surface area contributed by atoms with Crippen molar-refractivity contribution in [2.75, 3.05) is 11.9 Å². The molecule has 0 radical (unpaired) electrons. The van der Waals surface area contributed by atoms with Gasteiger partial charge in [0.1, 0.15) is 5.75 Å². The molecule has 5 nitrogen and oxygen atoms in total. The Morgan fingerprint density at radius 2 is 1.81 bits per heavy atom. The molecule has 0 aliphatic heterocycles. The number of nitrogens with one attached hydrogen (secondary N) is 1. The summed E-state index contributed by atoms with van der Waals surface area (Å²) in [5.74, 6) is 0.318. The van der Waals surface area contributed by atoms with Crippen LogP contribution >= 0.6 is 11.6 Å². The van der Waals surface area contributed by atoms with E-state index in [9.17, 15) is 9.59 Å². The van der Waals surface area contributed by atoms with E-state index in [1.807, 2.05) is 49.4 Å². The van der Waals surface area contributed by atoms with Crippen molar-refractivity contribution in [2.45, 2.75) is 13.5 Å². The molecule has 0 saturated heterocycles. The number of carbonyl (C=O) groups is 1. The topological polar surface area (TPSA) is 60.3 Å². The van der Waals surface area contributed by atoms with Gasteiger partial charge in [-0.05, 0) is 36.8 Å². The normalized spacial score (nSPS) is 10.4. The van der Waals surface area contributed by atoms with Crippen molar-refractivity contribution < 1.29 is 9.53 Å². The van der Waals surface area contributed by atoms with E-state index in [1.165, 1.54) is 10.6 Å². The maximum Gasteiger partial charge on any atom is 0.262 e. The number of aromatic nitrogens is 1. The summed E-state index contributed by atoms with van der Waals surface area (Å²) in [4.78, 5) is 24.2. The highest BCUT2D eigenvalue weighted by atomic mass is 35.5. The number of carbonyl (C=O) groups excluding carboxylic acids is 1. The molecule has 2 aromatic carbocycles. The smallest absolute Gasteiger partial charge is 0.262 e. The van der Waals surface area contributed by atoms with E-state index in [0.717, 1.165) is 11.1 Å². The van der Waals surface area contributed by atoms with Gasteiger partial charge in [0.15, 0.2) is 6.61 Å². The first-order valence-electron chi connectivity index (χ1n) is 8.44. The molecule has 0 spiro atoms. The second-order valence-electron chi connectivity index (χ2n) is 6.13. The fourth-order valence-corrected chi connectivity index (χ4v) is 2.71. The molecule has 0 fully saturated rings. The van der Waals surface area contributed by atoms with Crippen LogP contribution < -0.4 is 15.6 Å². The number of ether oxygens (including phenoxy) is 1. The fourth-order valence-electron chi connectivity index (χ4n) is 2.52. The second kappa shape index (κ2) is 8.56. The quantitative estimate of drug-likeness (QED) is 0.703. The molecular weight excluding hydrogens is 364 g/mol. The first-order valence-corrected chi connectivity index (χ1v) is 8.82. The van der Waals surface area contributed by atoms with Crippen molar-refractivity contribution >= 4 is 23.2 Å². The number of anilines is 1. The van der Waals surface area contributed by atoms with Gasteiger partial charge in [-0.15, -0.1) is 0 Å². The van der Waals surface area contributed by atoms with Crippen LogP contribution in [0.15, 0.2) is 71.7 Å². The van der Waals surface area contributed by atoms with Crippen molar-refractivity contribution in [3.05, 3.63) is 93.4 Å². The summed E-state index contributed by atoms with van der Waals surface area (Å²) in [7, 11) is 0. The Morgan fingerprint density at radius 3 is 2.56 bits per heavy atom. The highest BCUT2D eigenvalue weighted by Crippen LogP contribution is 2.16. The van der Waals surface area contributed by atoms with Gasteiger partial charge in [-0.25, -0.2) is 0 Å². The molecule has 138 valence electrons.